The predicted molar refractivity (Wildman–Crippen MR) is 53.0 cm³/mol. The van der Waals surface area contributed by atoms with Crippen molar-refractivity contribution in [1.82, 2.24) is 4.98 Å². The van der Waals surface area contributed by atoms with Gasteiger partial charge in [-0.1, -0.05) is 0 Å². The average Bonchev–Trinajstić information content (AvgIpc) is 2.62. The van der Waals surface area contributed by atoms with Gasteiger partial charge in [-0.05, 0) is 22.0 Å². The molecule has 0 radical (unpaired) electrons. The monoisotopic (exact) mass is 255 g/mol. The second-order valence-electron chi connectivity index (χ2n) is 2.61. The van der Waals surface area contributed by atoms with E-state index in [1.807, 2.05) is 0 Å². The van der Waals surface area contributed by atoms with E-state index in [0.717, 1.165) is 9.86 Å². The summed E-state index contributed by atoms with van der Waals surface area (Å²) in [7, 11) is 1.30. The zero-order valence-electron chi connectivity index (χ0n) is 7.28. The molecular formula is C9H6BrNO3. The Balaban J connectivity index is 2.62. The molecule has 2 rings (SSSR count). The van der Waals surface area contributed by atoms with Gasteiger partial charge in [0.05, 0.1) is 12.5 Å². The van der Waals surface area contributed by atoms with Gasteiger partial charge in [-0.15, -0.1) is 0 Å². The second kappa shape index (κ2) is 3.42. The topological polar surface area (TPSA) is 52.3 Å². The number of nitrogens with zero attached hydrogens (tertiary/aromatic N) is 1. The molecule has 0 aliphatic heterocycles. The van der Waals surface area contributed by atoms with Gasteiger partial charge in [-0.3, -0.25) is 0 Å². The molecule has 4 nitrogen and oxygen atoms in total. The maximum Gasteiger partial charge on any atom is 0.374 e. The molecular weight excluding hydrogens is 250 g/mol. The van der Waals surface area contributed by atoms with Gasteiger partial charge in [0.15, 0.2) is 0 Å². The van der Waals surface area contributed by atoms with Crippen LogP contribution in [0.3, 0.4) is 0 Å². The number of furan rings is 1. The fraction of sp³-hybridized carbons (Fsp3) is 0.111. The molecule has 2 aromatic rings. The molecule has 72 valence electrons. The van der Waals surface area contributed by atoms with E-state index in [2.05, 4.69) is 25.7 Å². The van der Waals surface area contributed by atoms with Crippen LogP contribution in [0.15, 0.2) is 27.2 Å². The van der Waals surface area contributed by atoms with Crippen LogP contribution in [-0.4, -0.2) is 18.1 Å². The fourth-order valence-electron chi connectivity index (χ4n) is 1.11. The number of carbonyl (C=O) groups excluding carboxylic acids is 1. The molecule has 14 heavy (non-hydrogen) atoms. The van der Waals surface area contributed by atoms with Crippen molar-refractivity contribution >= 4 is 33.0 Å². The Kier molecular flexibility index (Phi) is 2.25. The predicted octanol–water partition coefficient (Wildman–Crippen LogP) is 2.38. The normalized spacial score (nSPS) is 10.4. The number of hydrogen-bond acceptors (Lipinski definition) is 4. The van der Waals surface area contributed by atoms with Crippen molar-refractivity contribution in [2.45, 2.75) is 0 Å². The van der Waals surface area contributed by atoms with Gasteiger partial charge in [0.25, 0.3) is 0 Å². The van der Waals surface area contributed by atoms with Gasteiger partial charge in [-0.2, -0.15) is 0 Å². The lowest BCUT2D eigenvalue weighted by atomic mass is 10.3. The van der Waals surface area contributed by atoms with Crippen LogP contribution in [0.2, 0.25) is 0 Å². The molecule has 2 aromatic heterocycles. The zero-order valence-corrected chi connectivity index (χ0v) is 8.87. The lowest BCUT2D eigenvalue weighted by molar-refractivity contribution is 0.0567. The Morgan fingerprint density at radius 2 is 2.43 bits per heavy atom. The van der Waals surface area contributed by atoms with Crippen molar-refractivity contribution < 1.29 is 13.9 Å². The smallest absolute Gasteiger partial charge is 0.374 e. The van der Waals surface area contributed by atoms with E-state index in [1.165, 1.54) is 7.11 Å². The zero-order chi connectivity index (χ0) is 10.1. The van der Waals surface area contributed by atoms with Crippen molar-refractivity contribution in [1.29, 1.82) is 0 Å². The van der Waals surface area contributed by atoms with Crippen LogP contribution in [0, 0.1) is 0 Å². The van der Waals surface area contributed by atoms with Crippen molar-refractivity contribution in [3.63, 3.8) is 0 Å². The van der Waals surface area contributed by atoms with Crippen LogP contribution in [-0.2, 0) is 4.74 Å². The van der Waals surface area contributed by atoms with Gasteiger partial charge in [0, 0.05) is 16.7 Å². The Bertz CT molecular complexity index is 492. The molecule has 0 spiro atoms. The highest BCUT2D eigenvalue weighted by atomic mass is 79.9. The first-order valence-electron chi connectivity index (χ1n) is 3.84. The highest BCUT2D eigenvalue weighted by molar-refractivity contribution is 9.10. The van der Waals surface area contributed by atoms with E-state index in [1.54, 1.807) is 18.3 Å². The number of ether oxygens (including phenoxy) is 1. The number of esters is 1. The minimum Gasteiger partial charge on any atom is -0.463 e. The van der Waals surface area contributed by atoms with Crippen LogP contribution in [0.25, 0.3) is 11.1 Å². The number of hydrogen-bond donors (Lipinski definition) is 0. The summed E-state index contributed by atoms with van der Waals surface area (Å²) in [5, 5.41) is 0.757. The number of carbonyl (C=O) groups is 1. The van der Waals surface area contributed by atoms with Gasteiger partial charge < -0.3 is 9.15 Å². The fourth-order valence-corrected chi connectivity index (χ4v) is 1.51. The van der Waals surface area contributed by atoms with Gasteiger partial charge >= 0.3 is 5.97 Å². The lowest BCUT2D eigenvalue weighted by Crippen LogP contribution is -1.97. The summed E-state index contributed by atoms with van der Waals surface area (Å²) < 4.78 is 10.6. The number of halogens is 1. The molecule has 0 atom stereocenters. The molecule has 0 unspecified atom stereocenters. The van der Waals surface area contributed by atoms with Gasteiger partial charge in [-0.25, -0.2) is 9.78 Å². The van der Waals surface area contributed by atoms with Crippen molar-refractivity contribution in [3.05, 3.63) is 28.6 Å². The molecule has 0 N–H and O–H groups in total. The molecule has 5 heteroatoms. The summed E-state index contributed by atoms with van der Waals surface area (Å²) in [6.45, 7) is 0. The number of aromatic nitrogens is 1. The van der Waals surface area contributed by atoms with Crippen molar-refractivity contribution in [3.8, 4) is 0 Å². The first kappa shape index (κ1) is 9.21. The van der Waals surface area contributed by atoms with E-state index in [9.17, 15) is 4.79 Å². The maximum atomic E-state index is 11.1. The Morgan fingerprint density at radius 1 is 1.64 bits per heavy atom. The first-order chi connectivity index (χ1) is 6.72. The van der Waals surface area contributed by atoms with Crippen LogP contribution < -0.4 is 0 Å². The van der Waals surface area contributed by atoms with Crippen molar-refractivity contribution in [2.24, 2.45) is 0 Å². The number of fused-ring (bicyclic) bond motifs is 1. The molecule has 0 saturated heterocycles. The molecule has 2 heterocycles. The third-order valence-electron chi connectivity index (χ3n) is 1.77. The summed E-state index contributed by atoms with van der Waals surface area (Å²) in [4.78, 5) is 15.1. The standard InChI is InChI=1S/C9H6BrNO3/c1-13-9(12)7-4-5-6(10)2-3-11-8(5)14-7/h2-4H,1H3. The van der Waals surface area contributed by atoms with Crippen LogP contribution in [0.5, 0.6) is 0 Å². The second-order valence-corrected chi connectivity index (χ2v) is 3.47. The maximum absolute atomic E-state index is 11.1. The Morgan fingerprint density at radius 3 is 3.07 bits per heavy atom. The third-order valence-corrected chi connectivity index (χ3v) is 2.46. The molecule has 0 aromatic carbocycles. The third kappa shape index (κ3) is 1.39. The summed E-state index contributed by atoms with van der Waals surface area (Å²) in [5.74, 6) is -0.350. The van der Waals surface area contributed by atoms with E-state index < -0.39 is 5.97 Å². The molecule has 0 aliphatic rings. The highest BCUT2D eigenvalue weighted by Crippen LogP contribution is 2.25. The summed E-state index contributed by atoms with van der Waals surface area (Å²) >= 11 is 3.33. The quantitative estimate of drug-likeness (QED) is 0.735. The Hall–Kier alpha value is -1.36. The molecule has 0 bridgehead atoms. The largest absolute Gasteiger partial charge is 0.463 e. The van der Waals surface area contributed by atoms with Crippen molar-refractivity contribution in [2.75, 3.05) is 7.11 Å². The SMILES string of the molecule is COC(=O)c1cc2c(Br)ccnc2o1. The van der Waals surface area contributed by atoms with Gasteiger partial charge in [0.1, 0.15) is 0 Å². The summed E-state index contributed by atoms with van der Waals surface area (Å²) in [6.07, 6.45) is 1.59. The Labute approximate surface area is 88.0 Å². The van der Waals surface area contributed by atoms with E-state index >= 15 is 0 Å². The van der Waals surface area contributed by atoms with Crippen LogP contribution in [0.4, 0.5) is 0 Å². The molecule has 0 fully saturated rings. The van der Waals surface area contributed by atoms with Crippen LogP contribution in [0.1, 0.15) is 10.6 Å². The summed E-state index contributed by atoms with van der Waals surface area (Å²) in [5.41, 5.74) is 0.416. The molecule has 0 amide bonds. The number of rotatable bonds is 1. The highest BCUT2D eigenvalue weighted by Gasteiger charge is 2.14. The number of pyridine rings is 1. The van der Waals surface area contributed by atoms with Crippen LogP contribution >= 0.6 is 15.9 Å². The van der Waals surface area contributed by atoms with Gasteiger partial charge in [0.2, 0.25) is 11.5 Å². The minimum absolute atomic E-state index is 0.155. The lowest BCUT2D eigenvalue weighted by Gasteiger charge is -1.90. The minimum atomic E-state index is -0.505. The van der Waals surface area contributed by atoms with E-state index in [-0.39, 0.29) is 5.76 Å². The summed E-state index contributed by atoms with van der Waals surface area (Å²) in [6, 6.07) is 3.37. The van der Waals surface area contributed by atoms with E-state index in [4.69, 9.17) is 4.42 Å². The first-order valence-corrected chi connectivity index (χ1v) is 4.64. The molecule has 0 saturated carbocycles. The average molecular weight is 256 g/mol. The molecule has 0 aliphatic carbocycles. The van der Waals surface area contributed by atoms with E-state index in [0.29, 0.717) is 5.71 Å². The number of methoxy groups -OCH3 is 1.